The SMILES string of the molecule is Cc1onc(-c2c(F)cccc2Cl)c1C(=O)OCC(=O)N[C@@H](C)C12CC3CC(CC(C3)C1)C2. The maximum Gasteiger partial charge on any atom is 0.344 e. The van der Waals surface area contributed by atoms with E-state index in [1.54, 1.807) is 0 Å². The Bertz CT molecular complexity index is 1040. The van der Waals surface area contributed by atoms with E-state index in [0.717, 1.165) is 17.8 Å². The van der Waals surface area contributed by atoms with Gasteiger partial charge < -0.3 is 14.6 Å². The molecule has 4 saturated carbocycles. The Hall–Kier alpha value is -2.41. The van der Waals surface area contributed by atoms with Crippen LogP contribution in [-0.2, 0) is 9.53 Å². The summed E-state index contributed by atoms with van der Waals surface area (Å²) in [5.74, 6) is 0.742. The molecule has 4 aliphatic carbocycles. The number of rotatable bonds is 6. The fourth-order valence-corrected chi connectivity index (χ4v) is 7.11. The van der Waals surface area contributed by atoms with Crippen molar-refractivity contribution in [1.82, 2.24) is 10.5 Å². The van der Waals surface area contributed by atoms with Crippen LogP contribution in [0.4, 0.5) is 4.39 Å². The van der Waals surface area contributed by atoms with Crippen molar-refractivity contribution in [2.45, 2.75) is 58.4 Å². The monoisotopic (exact) mass is 474 g/mol. The summed E-state index contributed by atoms with van der Waals surface area (Å²) in [6, 6.07) is 4.21. The molecule has 1 heterocycles. The van der Waals surface area contributed by atoms with Gasteiger partial charge in [-0.2, -0.15) is 0 Å². The van der Waals surface area contributed by atoms with E-state index in [4.69, 9.17) is 20.9 Å². The van der Waals surface area contributed by atoms with Crippen LogP contribution in [0.3, 0.4) is 0 Å². The van der Waals surface area contributed by atoms with E-state index < -0.39 is 18.4 Å². The van der Waals surface area contributed by atoms with Gasteiger partial charge in [-0.25, -0.2) is 9.18 Å². The summed E-state index contributed by atoms with van der Waals surface area (Å²) in [7, 11) is 0. The standard InChI is InChI=1S/C25H28ClFN2O4/c1-13-21(23(29-33-13)22-18(26)4-3-5-19(22)27)24(31)32-12-20(30)28-14(2)25-9-15-6-16(10-25)8-17(7-15)11-25/h3-5,14-17H,6-12H2,1-2H3,(H,28,30)/t14-,15?,16?,17?,25?/m0/s1. The molecule has 1 N–H and O–H groups in total. The maximum absolute atomic E-state index is 14.4. The van der Waals surface area contributed by atoms with Crippen molar-refractivity contribution in [3.8, 4) is 11.3 Å². The molecule has 0 aliphatic heterocycles. The highest BCUT2D eigenvalue weighted by molar-refractivity contribution is 6.33. The second kappa shape index (κ2) is 8.42. The van der Waals surface area contributed by atoms with E-state index >= 15 is 0 Å². The van der Waals surface area contributed by atoms with E-state index in [0.29, 0.717) is 0 Å². The van der Waals surface area contributed by atoms with E-state index in [1.807, 2.05) is 0 Å². The number of carbonyl (C=O) groups is 2. The molecule has 4 bridgehead atoms. The quantitative estimate of drug-likeness (QED) is 0.573. The number of aryl methyl sites for hydroxylation is 1. The molecule has 6 rings (SSSR count). The lowest BCUT2D eigenvalue weighted by atomic mass is 9.48. The molecule has 1 amide bonds. The van der Waals surface area contributed by atoms with Gasteiger partial charge in [0.05, 0.1) is 10.6 Å². The molecular formula is C25H28ClFN2O4. The molecule has 4 aliphatic rings. The number of aromatic nitrogens is 1. The number of amides is 1. The van der Waals surface area contributed by atoms with Crippen LogP contribution in [0.2, 0.25) is 5.02 Å². The molecule has 176 valence electrons. The molecule has 6 nitrogen and oxygen atoms in total. The second-order valence-electron chi connectivity index (χ2n) is 10.2. The Balaban J connectivity index is 1.24. The minimum Gasteiger partial charge on any atom is -0.452 e. The highest BCUT2D eigenvalue weighted by Crippen LogP contribution is 2.61. The number of hydrogen-bond acceptors (Lipinski definition) is 5. The molecule has 0 unspecified atom stereocenters. The number of benzene rings is 1. The second-order valence-corrected chi connectivity index (χ2v) is 10.6. The summed E-state index contributed by atoms with van der Waals surface area (Å²) in [5, 5.41) is 6.99. The third-order valence-corrected chi connectivity index (χ3v) is 8.30. The fraction of sp³-hybridized carbons (Fsp3) is 0.560. The molecule has 4 fully saturated rings. The average molecular weight is 475 g/mol. The summed E-state index contributed by atoms with van der Waals surface area (Å²) in [6.07, 6.45) is 7.53. The van der Waals surface area contributed by atoms with Crippen LogP contribution < -0.4 is 5.32 Å². The van der Waals surface area contributed by atoms with Crippen LogP contribution in [-0.4, -0.2) is 29.7 Å². The highest BCUT2D eigenvalue weighted by Gasteiger charge is 2.53. The molecule has 0 radical (unpaired) electrons. The summed E-state index contributed by atoms with van der Waals surface area (Å²) in [6.45, 7) is 3.18. The zero-order chi connectivity index (χ0) is 23.3. The third-order valence-electron chi connectivity index (χ3n) is 7.98. The molecule has 2 aromatic rings. The normalized spacial score (nSPS) is 28.5. The van der Waals surface area contributed by atoms with Gasteiger partial charge in [0.1, 0.15) is 22.8 Å². The van der Waals surface area contributed by atoms with Crippen molar-refractivity contribution in [3.63, 3.8) is 0 Å². The van der Waals surface area contributed by atoms with Gasteiger partial charge >= 0.3 is 5.97 Å². The van der Waals surface area contributed by atoms with Crippen molar-refractivity contribution in [3.05, 3.63) is 40.4 Å². The van der Waals surface area contributed by atoms with Crippen LogP contribution in [0.15, 0.2) is 22.7 Å². The van der Waals surface area contributed by atoms with Gasteiger partial charge in [-0.05, 0) is 87.7 Å². The highest BCUT2D eigenvalue weighted by atomic mass is 35.5. The van der Waals surface area contributed by atoms with Crippen LogP contribution in [0.1, 0.15) is 61.6 Å². The van der Waals surface area contributed by atoms with E-state index in [-0.39, 0.29) is 45.0 Å². The first kappa shape index (κ1) is 22.4. The van der Waals surface area contributed by atoms with Crippen LogP contribution in [0.5, 0.6) is 0 Å². The summed E-state index contributed by atoms with van der Waals surface area (Å²) in [5.41, 5.74) is 0.0450. The Morgan fingerprint density at radius 3 is 2.48 bits per heavy atom. The first-order chi connectivity index (χ1) is 15.8. The number of hydrogen-bond donors (Lipinski definition) is 1. The van der Waals surface area contributed by atoms with Crippen molar-refractivity contribution in [2.75, 3.05) is 6.61 Å². The Kier molecular flexibility index (Phi) is 5.71. The lowest BCUT2D eigenvalue weighted by Gasteiger charge is -2.59. The first-order valence-corrected chi connectivity index (χ1v) is 12.0. The number of nitrogens with one attached hydrogen (secondary N) is 1. The molecular weight excluding hydrogens is 447 g/mol. The van der Waals surface area contributed by atoms with E-state index in [1.165, 1.54) is 63.6 Å². The molecule has 0 saturated heterocycles. The molecule has 1 aromatic heterocycles. The lowest BCUT2D eigenvalue weighted by molar-refractivity contribution is -0.128. The van der Waals surface area contributed by atoms with Crippen molar-refractivity contribution < 1.29 is 23.2 Å². The largest absolute Gasteiger partial charge is 0.452 e. The Morgan fingerprint density at radius 2 is 1.88 bits per heavy atom. The average Bonchev–Trinajstić information content (AvgIpc) is 3.12. The fourth-order valence-electron chi connectivity index (χ4n) is 6.85. The van der Waals surface area contributed by atoms with Crippen LogP contribution >= 0.6 is 11.6 Å². The zero-order valence-electron chi connectivity index (χ0n) is 18.8. The number of carbonyl (C=O) groups excluding carboxylic acids is 2. The van der Waals surface area contributed by atoms with Crippen molar-refractivity contribution >= 4 is 23.5 Å². The van der Waals surface area contributed by atoms with Gasteiger partial charge in [0, 0.05) is 6.04 Å². The molecule has 33 heavy (non-hydrogen) atoms. The molecule has 1 atom stereocenters. The smallest absolute Gasteiger partial charge is 0.344 e. The van der Waals surface area contributed by atoms with Crippen molar-refractivity contribution in [2.24, 2.45) is 23.2 Å². The van der Waals surface area contributed by atoms with Gasteiger partial charge in [-0.1, -0.05) is 22.8 Å². The van der Waals surface area contributed by atoms with E-state index in [9.17, 15) is 14.0 Å². The Labute approximate surface area is 197 Å². The summed E-state index contributed by atoms with van der Waals surface area (Å²) in [4.78, 5) is 25.4. The predicted octanol–water partition coefficient (Wildman–Crippen LogP) is 5.32. The summed E-state index contributed by atoms with van der Waals surface area (Å²) < 4.78 is 24.8. The summed E-state index contributed by atoms with van der Waals surface area (Å²) >= 11 is 6.13. The van der Waals surface area contributed by atoms with Crippen molar-refractivity contribution in [1.29, 1.82) is 0 Å². The predicted molar refractivity (Wildman–Crippen MR) is 120 cm³/mol. The minimum atomic E-state index is -0.805. The van der Waals surface area contributed by atoms with Crippen LogP contribution in [0, 0.1) is 35.9 Å². The van der Waals surface area contributed by atoms with Gasteiger partial charge in [0.2, 0.25) is 0 Å². The van der Waals surface area contributed by atoms with Gasteiger partial charge in [-0.3, -0.25) is 4.79 Å². The van der Waals surface area contributed by atoms with Crippen LogP contribution in [0.25, 0.3) is 11.3 Å². The molecule has 0 spiro atoms. The molecule has 8 heteroatoms. The first-order valence-electron chi connectivity index (χ1n) is 11.6. The van der Waals surface area contributed by atoms with E-state index in [2.05, 4.69) is 17.4 Å². The van der Waals surface area contributed by atoms with Gasteiger partial charge in [0.15, 0.2) is 6.61 Å². The maximum atomic E-state index is 14.4. The number of ether oxygens (including phenoxy) is 1. The van der Waals surface area contributed by atoms with Gasteiger partial charge in [-0.15, -0.1) is 0 Å². The zero-order valence-corrected chi connectivity index (χ0v) is 19.6. The lowest BCUT2D eigenvalue weighted by Crippen LogP contribution is -2.56. The number of nitrogens with zero attached hydrogens (tertiary/aromatic N) is 1. The topological polar surface area (TPSA) is 81.4 Å². The number of halogens is 2. The number of esters is 1. The van der Waals surface area contributed by atoms with Gasteiger partial charge in [0.25, 0.3) is 5.91 Å². The minimum absolute atomic E-state index is 0.0298. The third kappa shape index (κ3) is 4.05. The molecule has 1 aromatic carbocycles. The Morgan fingerprint density at radius 1 is 1.24 bits per heavy atom.